The molecule has 1 aliphatic rings. The third-order valence-electron chi connectivity index (χ3n) is 3.18. The zero-order chi connectivity index (χ0) is 15.4. The van der Waals surface area contributed by atoms with Crippen molar-refractivity contribution >= 4 is 17.7 Å². The molecule has 3 N–H and O–H groups in total. The minimum Gasteiger partial charge on any atom is -0.478 e. The molecule has 21 heavy (non-hydrogen) atoms. The van der Waals surface area contributed by atoms with E-state index in [0.717, 1.165) is 0 Å². The summed E-state index contributed by atoms with van der Waals surface area (Å²) in [5, 5.41) is 20.7. The third-order valence-corrected chi connectivity index (χ3v) is 3.18. The van der Waals surface area contributed by atoms with Crippen molar-refractivity contribution in [2.45, 2.75) is 19.1 Å². The molecule has 1 aliphatic heterocycles. The summed E-state index contributed by atoms with van der Waals surface area (Å²) in [6, 6.07) is 5.70. The van der Waals surface area contributed by atoms with Crippen molar-refractivity contribution in [3.8, 4) is 0 Å². The van der Waals surface area contributed by atoms with Crippen LogP contribution < -0.4 is 5.32 Å². The zero-order valence-electron chi connectivity index (χ0n) is 11.7. The topological polar surface area (TPSA) is 99.1 Å². The maximum atomic E-state index is 12.2. The number of carboxylic acid groups (broad SMARTS) is 1. The van der Waals surface area contributed by atoms with Gasteiger partial charge in [0, 0.05) is 12.2 Å². The van der Waals surface area contributed by atoms with Gasteiger partial charge in [0.15, 0.2) is 0 Å². The molecule has 0 bridgehead atoms. The highest BCUT2D eigenvalue weighted by molar-refractivity contribution is 5.93. The summed E-state index contributed by atoms with van der Waals surface area (Å²) in [7, 11) is 0. The number of rotatable bonds is 3. The van der Waals surface area contributed by atoms with Crippen LogP contribution in [0.25, 0.3) is 0 Å². The Balaban J connectivity index is 2.03. The number of hydrogen-bond donors (Lipinski definition) is 3. The van der Waals surface area contributed by atoms with Gasteiger partial charge in [0.25, 0.3) is 0 Å². The van der Waals surface area contributed by atoms with Crippen molar-refractivity contribution in [1.29, 1.82) is 0 Å². The van der Waals surface area contributed by atoms with Gasteiger partial charge >= 0.3 is 12.0 Å². The van der Waals surface area contributed by atoms with Crippen LogP contribution in [0.1, 0.15) is 17.3 Å². The quantitative estimate of drug-likeness (QED) is 0.772. The van der Waals surface area contributed by atoms with E-state index in [1.807, 2.05) is 6.92 Å². The van der Waals surface area contributed by atoms with Crippen molar-refractivity contribution in [3.05, 3.63) is 29.8 Å². The molecule has 0 radical (unpaired) electrons. The molecule has 1 aromatic rings. The third kappa shape index (κ3) is 3.93. The number of carbonyl (C=O) groups excluding carboxylic acids is 1. The molecule has 114 valence electrons. The van der Waals surface area contributed by atoms with E-state index in [4.69, 9.17) is 14.9 Å². The lowest BCUT2D eigenvalue weighted by Crippen LogP contribution is -2.51. The standard InChI is InChI=1S/C14H18N2O5/c1-9-6-16(7-12(8-17)21-9)14(20)15-11-4-2-3-10(5-11)13(18)19/h2-5,9,12,17H,6-8H2,1H3,(H,15,20)(H,18,19). The molecule has 1 saturated heterocycles. The molecule has 0 aliphatic carbocycles. The number of benzene rings is 1. The second kappa shape index (κ2) is 6.55. The highest BCUT2D eigenvalue weighted by Gasteiger charge is 2.28. The Morgan fingerprint density at radius 2 is 2.19 bits per heavy atom. The van der Waals surface area contributed by atoms with E-state index in [1.54, 1.807) is 17.0 Å². The van der Waals surface area contributed by atoms with Crippen molar-refractivity contribution in [2.24, 2.45) is 0 Å². The fourth-order valence-electron chi connectivity index (χ4n) is 2.24. The number of aliphatic hydroxyl groups is 1. The minimum atomic E-state index is -1.05. The van der Waals surface area contributed by atoms with E-state index < -0.39 is 12.1 Å². The second-order valence-electron chi connectivity index (χ2n) is 4.97. The normalized spacial score (nSPS) is 21.9. The number of aliphatic hydroxyl groups excluding tert-OH is 1. The summed E-state index contributed by atoms with van der Waals surface area (Å²) < 4.78 is 5.47. The predicted octanol–water partition coefficient (Wildman–Crippen LogP) is 0.998. The van der Waals surface area contributed by atoms with Crippen LogP contribution in [-0.4, -0.2) is 59.0 Å². The number of carboxylic acids is 1. The van der Waals surface area contributed by atoms with Crippen LogP contribution in [0, 0.1) is 0 Å². The molecule has 2 atom stereocenters. The van der Waals surface area contributed by atoms with Crippen LogP contribution in [0.4, 0.5) is 10.5 Å². The number of hydrogen-bond acceptors (Lipinski definition) is 4. The van der Waals surface area contributed by atoms with Crippen LogP contribution in [0.15, 0.2) is 24.3 Å². The number of amides is 2. The number of anilines is 1. The first-order valence-electron chi connectivity index (χ1n) is 6.65. The SMILES string of the molecule is CC1CN(C(=O)Nc2cccc(C(=O)O)c2)CC(CO)O1. The highest BCUT2D eigenvalue weighted by atomic mass is 16.5. The van der Waals surface area contributed by atoms with E-state index >= 15 is 0 Å². The van der Waals surface area contributed by atoms with Gasteiger partial charge in [-0.05, 0) is 25.1 Å². The average molecular weight is 294 g/mol. The van der Waals surface area contributed by atoms with Crippen molar-refractivity contribution in [1.82, 2.24) is 4.90 Å². The zero-order valence-corrected chi connectivity index (χ0v) is 11.7. The van der Waals surface area contributed by atoms with Gasteiger partial charge in [0.1, 0.15) is 0 Å². The molecular weight excluding hydrogens is 276 g/mol. The molecule has 1 aromatic carbocycles. The monoisotopic (exact) mass is 294 g/mol. The summed E-state index contributed by atoms with van der Waals surface area (Å²) in [6.45, 7) is 2.39. The van der Waals surface area contributed by atoms with E-state index in [9.17, 15) is 9.59 Å². The van der Waals surface area contributed by atoms with Gasteiger partial charge in [0.05, 0.1) is 30.9 Å². The summed E-state index contributed by atoms with van der Waals surface area (Å²) >= 11 is 0. The fourth-order valence-corrected chi connectivity index (χ4v) is 2.24. The lowest BCUT2D eigenvalue weighted by Gasteiger charge is -2.36. The Morgan fingerprint density at radius 1 is 1.43 bits per heavy atom. The Labute approximate surface area is 122 Å². The average Bonchev–Trinajstić information content (AvgIpc) is 2.46. The Morgan fingerprint density at radius 3 is 2.86 bits per heavy atom. The number of nitrogens with one attached hydrogen (secondary N) is 1. The molecule has 7 heteroatoms. The molecule has 0 aromatic heterocycles. The first-order valence-corrected chi connectivity index (χ1v) is 6.65. The van der Waals surface area contributed by atoms with Gasteiger partial charge in [-0.1, -0.05) is 6.07 Å². The van der Waals surface area contributed by atoms with E-state index in [1.165, 1.54) is 12.1 Å². The number of aromatic carboxylic acids is 1. The second-order valence-corrected chi connectivity index (χ2v) is 4.97. The van der Waals surface area contributed by atoms with Crippen molar-refractivity contribution in [2.75, 3.05) is 25.0 Å². The number of nitrogens with zero attached hydrogens (tertiary/aromatic N) is 1. The first kappa shape index (κ1) is 15.3. The van der Waals surface area contributed by atoms with Gasteiger partial charge in [-0.15, -0.1) is 0 Å². The van der Waals surface area contributed by atoms with Crippen LogP contribution in [0.2, 0.25) is 0 Å². The summed E-state index contributed by atoms with van der Waals surface area (Å²) in [6.07, 6.45) is -0.558. The molecular formula is C14H18N2O5. The maximum Gasteiger partial charge on any atom is 0.335 e. The van der Waals surface area contributed by atoms with Crippen LogP contribution in [0.3, 0.4) is 0 Å². The van der Waals surface area contributed by atoms with E-state index in [0.29, 0.717) is 18.8 Å². The first-order chi connectivity index (χ1) is 9.99. The molecule has 7 nitrogen and oxygen atoms in total. The molecule has 1 fully saturated rings. The summed E-state index contributed by atoms with van der Waals surface area (Å²) in [5.41, 5.74) is 0.524. The molecule has 2 rings (SSSR count). The molecule has 0 spiro atoms. The van der Waals surface area contributed by atoms with Gasteiger partial charge in [-0.25, -0.2) is 9.59 Å². The van der Waals surface area contributed by atoms with Crippen LogP contribution >= 0.6 is 0 Å². The Bertz CT molecular complexity index is 534. The smallest absolute Gasteiger partial charge is 0.335 e. The van der Waals surface area contributed by atoms with E-state index in [-0.39, 0.29) is 24.3 Å². The number of carbonyl (C=O) groups is 2. The van der Waals surface area contributed by atoms with Gasteiger partial charge in [-0.3, -0.25) is 0 Å². The van der Waals surface area contributed by atoms with E-state index in [2.05, 4.69) is 5.32 Å². The fraction of sp³-hybridized carbons (Fsp3) is 0.429. The van der Waals surface area contributed by atoms with Gasteiger partial charge < -0.3 is 25.2 Å². The maximum absolute atomic E-state index is 12.2. The lowest BCUT2D eigenvalue weighted by atomic mass is 10.2. The molecule has 2 unspecified atom stereocenters. The summed E-state index contributed by atoms with van der Waals surface area (Å²) in [4.78, 5) is 24.6. The summed E-state index contributed by atoms with van der Waals surface area (Å²) in [5.74, 6) is -1.05. The highest BCUT2D eigenvalue weighted by Crippen LogP contribution is 2.15. The molecule has 0 saturated carbocycles. The van der Waals surface area contributed by atoms with Crippen molar-refractivity contribution < 1.29 is 24.5 Å². The predicted molar refractivity (Wildman–Crippen MR) is 75.4 cm³/mol. The largest absolute Gasteiger partial charge is 0.478 e. The molecule has 1 heterocycles. The van der Waals surface area contributed by atoms with Gasteiger partial charge in [-0.2, -0.15) is 0 Å². The number of ether oxygens (including phenoxy) is 1. The Hall–Kier alpha value is -2.12. The van der Waals surface area contributed by atoms with Crippen molar-refractivity contribution in [3.63, 3.8) is 0 Å². The number of urea groups is 1. The lowest BCUT2D eigenvalue weighted by molar-refractivity contribution is -0.0822. The number of morpholine rings is 1. The Kier molecular flexibility index (Phi) is 4.77. The van der Waals surface area contributed by atoms with Crippen LogP contribution in [0.5, 0.6) is 0 Å². The molecule has 2 amide bonds. The minimum absolute atomic E-state index is 0.108. The van der Waals surface area contributed by atoms with Crippen LogP contribution in [-0.2, 0) is 4.74 Å². The van der Waals surface area contributed by atoms with Gasteiger partial charge in [0.2, 0.25) is 0 Å².